The van der Waals surface area contributed by atoms with Crippen molar-refractivity contribution in [2.24, 2.45) is 40.2 Å². The summed E-state index contributed by atoms with van der Waals surface area (Å²) in [5.41, 5.74) is 21.4. The number of ether oxygens (including phenoxy) is 7. The SMILES string of the molecule is Cc1ccc2c(c1)[C@@]1(C)CCC[C@](C)(C(=O)NC(=O)[C@@]3(C)CCC[C@]4(C)c5cc(NC(=O)OCc6ccc(NC(=O)[C@H](CCCNC(N)=O)CC(=O)[C@@H](NC(=O)[C@@H](CCCCNC(=O)COC7CCCCCC8=C7NNN8[C@@H]7O[C@H](CO)[C@H](O)[C@H](O)[C@H]7O)NC(=O)CCOCCOCCOCCOCCNC(=O)CCC(=O)N7Cc8ccccc8C#Cc8ccccc87)C(C)C)cc6)ccc5CC[C@@H]34)[C@@H]1CC2. The number of anilines is 3. The fraction of sp³-hybridized carbons (Fsp3) is 0.579. The second-order valence-electron chi connectivity index (χ2n) is 40.3. The highest BCUT2D eigenvalue weighted by Gasteiger charge is 2.59. The summed E-state index contributed by atoms with van der Waals surface area (Å²) in [6.07, 6.45) is 3.84. The van der Waals surface area contributed by atoms with Crippen LogP contribution in [-0.2, 0) is 113 Å². The molecule has 11 amide bonds. The number of allylic oxidation sites excluding steroid dienone is 1. The number of para-hydroxylation sites is 1. The van der Waals surface area contributed by atoms with Gasteiger partial charge in [0.15, 0.2) is 12.0 Å². The predicted molar refractivity (Wildman–Crippen MR) is 529 cm³/mol. The molecule has 2 saturated carbocycles. The van der Waals surface area contributed by atoms with Crippen molar-refractivity contribution in [3.05, 3.63) is 171 Å². The monoisotopic (exact) mass is 1960 g/mol. The van der Waals surface area contributed by atoms with E-state index >= 15 is 0 Å². The zero-order valence-corrected chi connectivity index (χ0v) is 83.0. The van der Waals surface area contributed by atoms with Crippen LogP contribution < -0.4 is 64.1 Å². The highest BCUT2D eigenvalue weighted by Crippen LogP contribution is 2.60. The van der Waals surface area contributed by atoms with E-state index in [1.54, 1.807) is 43.0 Å². The summed E-state index contributed by atoms with van der Waals surface area (Å²) in [6, 6.07) is 31.3. The first-order chi connectivity index (χ1) is 68.3. The molecule has 0 spiro atoms. The van der Waals surface area contributed by atoms with E-state index in [-0.39, 0.29) is 172 Å². The molecule has 0 radical (unpaired) electrons. The second kappa shape index (κ2) is 50.8. The number of aliphatic hydroxyl groups excluding tert-OH is 4. The van der Waals surface area contributed by atoms with Crippen molar-refractivity contribution >= 4 is 82.2 Å². The molecule has 15 atom stereocenters. The van der Waals surface area contributed by atoms with Gasteiger partial charge in [-0.3, -0.25) is 58.8 Å². The number of Topliss-reactive ketones (excluding diaryl/α,β-unsaturated/α-hetero) is 1. The Morgan fingerprint density at radius 2 is 1.20 bits per heavy atom. The van der Waals surface area contributed by atoms with E-state index in [0.29, 0.717) is 72.7 Å². The summed E-state index contributed by atoms with van der Waals surface area (Å²) in [5.74, 6) is 1.42. The highest BCUT2D eigenvalue weighted by atomic mass is 16.6. The lowest BCUT2D eigenvalue weighted by atomic mass is 9.49. The van der Waals surface area contributed by atoms with Crippen molar-refractivity contribution in [3.63, 3.8) is 0 Å². The number of aliphatic hydroxyl groups is 4. The summed E-state index contributed by atoms with van der Waals surface area (Å²) in [4.78, 5) is 154. The summed E-state index contributed by atoms with van der Waals surface area (Å²) >= 11 is 0. The summed E-state index contributed by atoms with van der Waals surface area (Å²) in [7, 11) is 0. The van der Waals surface area contributed by atoms with E-state index in [1.165, 1.54) is 21.7 Å². The van der Waals surface area contributed by atoms with Crippen molar-refractivity contribution in [2.45, 2.75) is 275 Å². The topological polar surface area (TPSA) is 486 Å². The number of primary amides is 1. The Labute approximate surface area is 831 Å². The Morgan fingerprint density at radius 3 is 1.89 bits per heavy atom. The average Bonchev–Trinajstić information content (AvgIpc) is 0.731. The molecule has 5 aromatic carbocycles. The third kappa shape index (κ3) is 27.4. The lowest BCUT2D eigenvalue weighted by Gasteiger charge is -2.56. The Morgan fingerprint density at radius 1 is 0.577 bits per heavy atom. The van der Waals surface area contributed by atoms with E-state index in [2.05, 4.69) is 111 Å². The zero-order chi connectivity index (χ0) is 101. The van der Waals surface area contributed by atoms with Crippen LogP contribution in [0.5, 0.6) is 0 Å². The molecule has 16 N–H and O–H groups in total. The molecule has 770 valence electrons. The van der Waals surface area contributed by atoms with Crippen molar-refractivity contribution < 1.29 is 106 Å². The van der Waals surface area contributed by atoms with Gasteiger partial charge >= 0.3 is 12.1 Å². The van der Waals surface area contributed by atoms with Crippen LogP contribution in [0.2, 0.25) is 0 Å². The van der Waals surface area contributed by atoms with Crippen LogP contribution in [0.1, 0.15) is 233 Å². The molecular weight excluding hydrogens is 1820 g/mol. The molecule has 0 bridgehead atoms. The summed E-state index contributed by atoms with van der Waals surface area (Å²) in [5, 5.41) is 66.3. The van der Waals surface area contributed by atoms with Crippen LogP contribution in [-0.4, -0.2) is 225 Å². The number of carbonyl (C=O) groups is 11. The average molecular weight is 1970 g/mol. The van der Waals surface area contributed by atoms with Gasteiger partial charge < -0.3 is 102 Å². The van der Waals surface area contributed by atoms with Gasteiger partial charge in [0.25, 0.3) is 0 Å². The van der Waals surface area contributed by atoms with Crippen LogP contribution >= 0.6 is 0 Å². The number of carbonyl (C=O) groups excluding carboxylic acids is 11. The minimum Gasteiger partial charge on any atom is -0.444 e. The largest absolute Gasteiger partial charge is 0.444 e. The minimum absolute atomic E-state index is 0.00322. The predicted octanol–water partition coefficient (Wildman–Crippen LogP) is 8.97. The number of urea groups is 1. The van der Waals surface area contributed by atoms with E-state index < -0.39 is 125 Å². The van der Waals surface area contributed by atoms with Gasteiger partial charge in [-0.25, -0.2) is 9.59 Å². The lowest BCUT2D eigenvalue weighted by molar-refractivity contribution is -0.266. The molecule has 0 aromatic heterocycles. The van der Waals surface area contributed by atoms with E-state index in [0.717, 1.165) is 105 Å². The molecule has 35 nitrogen and oxygen atoms in total. The van der Waals surface area contributed by atoms with Gasteiger partial charge in [-0.05, 0) is 214 Å². The number of hydrogen-bond acceptors (Lipinski definition) is 25. The van der Waals surface area contributed by atoms with Crippen LogP contribution in [0, 0.1) is 53.3 Å². The molecule has 13 rings (SSSR count). The number of nitrogens with one attached hydrogen (secondary N) is 10. The Balaban J connectivity index is 0.564. The molecule has 3 heterocycles. The molecule has 1 unspecified atom stereocenters. The number of imide groups is 1. The Kier molecular flexibility index (Phi) is 38.6. The lowest BCUT2D eigenvalue weighted by Crippen LogP contribution is -2.64. The maximum absolute atomic E-state index is 14.9. The van der Waals surface area contributed by atoms with Gasteiger partial charge in [0.1, 0.15) is 49.8 Å². The van der Waals surface area contributed by atoms with Crippen molar-refractivity contribution in [1.82, 2.24) is 47.9 Å². The molecule has 5 aromatic rings. The van der Waals surface area contributed by atoms with Gasteiger partial charge in [-0.1, -0.05) is 151 Å². The highest BCUT2D eigenvalue weighted by molar-refractivity contribution is 6.02. The number of amides is 11. The Hall–Kier alpha value is -11.3. The van der Waals surface area contributed by atoms with Gasteiger partial charge in [0.2, 0.25) is 47.3 Å². The van der Waals surface area contributed by atoms with Crippen molar-refractivity contribution in [3.8, 4) is 11.8 Å². The van der Waals surface area contributed by atoms with Crippen molar-refractivity contribution in [2.75, 3.05) is 101 Å². The number of unbranched alkanes of at least 4 members (excludes halogenated alkanes) is 1. The van der Waals surface area contributed by atoms with Crippen LogP contribution in [0.4, 0.5) is 26.7 Å². The van der Waals surface area contributed by atoms with E-state index in [9.17, 15) is 73.2 Å². The maximum Gasteiger partial charge on any atom is 0.411 e. The van der Waals surface area contributed by atoms with E-state index in [4.69, 9.17) is 38.9 Å². The molecule has 1 saturated heterocycles. The molecule has 5 aliphatic carbocycles. The van der Waals surface area contributed by atoms with Crippen molar-refractivity contribution in [1.29, 1.82) is 0 Å². The van der Waals surface area contributed by atoms with E-state index in [1.807, 2.05) is 73.7 Å². The first-order valence-electron chi connectivity index (χ1n) is 50.7. The van der Waals surface area contributed by atoms with Gasteiger partial charge in [-0.2, -0.15) is 0 Å². The number of nitrogens with zero attached hydrogens (tertiary/aromatic N) is 2. The van der Waals surface area contributed by atoms with Gasteiger partial charge in [0, 0.05) is 73.7 Å². The zero-order valence-electron chi connectivity index (χ0n) is 83.0. The molecule has 35 heteroatoms. The molecule has 8 aliphatic rings. The number of nitrogens with two attached hydrogens (primary N) is 1. The fourth-order valence-electron chi connectivity index (χ4n) is 22.2. The molecule has 3 aliphatic heterocycles. The fourth-order valence-corrected chi connectivity index (χ4v) is 22.2. The van der Waals surface area contributed by atoms with Crippen LogP contribution in [0.25, 0.3) is 0 Å². The third-order valence-electron chi connectivity index (χ3n) is 30.1. The quantitative estimate of drug-likeness (QED) is 0.00981. The molecule has 3 fully saturated rings. The first kappa shape index (κ1) is 108. The molecular formula is C107H145N13O22. The summed E-state index contributed by atoms with van der Waals surface area (Å²) < 4.78 is 40.5. The first-order valence-corrected chi connectivity index (χ1v) is 50.7. The normalized spacial score (nSPS) is 24.3. The second-order valence-corrected chi connectivity index (χ2v) is 40.3. The number of hydrazine groups is 2. The number of benzene rings is 5. The number of aryl methyl sites for hydroxylation is 3. The standard InChI is InChI=1S/C107H145N13O22/c1-67(2)92(83(122)61-74(23-17-50-111-102(108)134)97(130)112-76-37-29-69(30-38-76)65-141-103(135)113-77-39-34-72-36-41-87-105(5,79(72)62-77)46-19-48-107(87,7)101(133)116-100(132)106(6)47-18-45-104(4)78-60-68(3)28-31-71(78)35-40-86(104)106)115-98(131)80(24-15-16-49-109-90(125)66-140-84-27-10-8-9-26-82-93(84)117-118-120(82)99-96(129)95(128)94(127)85(64-121)142-99)114-89(124)44-52-136-54-56-138-58-59-139-57-55-137-53-51-110-88(123)42-43-91(126)119-63-75-22-12-11-20-70(75)32-33-73-21-13-14-25-81(73)119/h11-14,20-22,25,28-31,34,37-39,60,62,67,74,80,84-87,92,94-96,99,117-118,121,127-129H,8-10,15-19,23-24,26-27,35-36,40-59,61,63-66H2,1-7H3,(H,109,125)(H,110,123)(H,112,130)(H,113,135)(H,114,124)(H,115,131)(H3,108,111,134)(H,116,132,133)/t74-,80-,84?,85-,86-,87-,92+,94+,95+,96-,99-,104-,105-,106+,107+/m1/s1. The number of fused-ring (bicyclic) bond motifs is 8. The molecule has 142 heavy (non-hydrogen) atoms. The Bertz CT molecular complexity index is 5360. The summed E-state index contributed by atoms with van der Waals surface area (Å²) in [6.45, 7) is 15.5. The number of hydrogen-bond donors (Lipinski definition) is 15. The number of ketones is 1. The number of rotatable bonds is 46. The smallest absolute Gasteiger partial charge is 0.411 e. The van der Waals surface area contributed by atoms with Crippen LogP contribution in [0.3, 0.4) is 0 Å². The minimum atomic E-state index is -1.61. The van der Waals surface area contributed by atoms with Gasteiger partial charge in [0.05, 0.1) is 100.0 Å². The maximum atomic E-state index is 14.9. The third-order valence-corrected chi connectivity index (χ3v) is 30.1. The van der Waals surface area contributed by atoms with Gasteiger partial charge in [-0.15, -0.1) is 5.53 Å². The van der Waals surface area contributed by atoms with Crippen LogP contribution in [0.15, 0.2) is 121 Å².